The maximum absolute atomic E-state index is 12.5. The van der Waals surface area contributed by atoms with Crippen molar-refractivity contribution in [2.75, 3.05) is 10.6 Å². The first-order valence-corrected chi connectivity index (χ1v) is 9.50. The molecule has 3 rings (SSSR count). The molecule has 148 valence electrons. The van der Waals surface area contributed by atoms with Crippen molar-refractivity contribution in [3.8, 4) is 5.75 Å². The minimum atomic E-state index is -0.721. The molecule has 3 aromatic rings. The highest BCUT2D eigenvalue weighted by Gasteiger charge is 2.16. The molecule has 2 N–H and O–H groups in total. The first kappa shape index (κ1) is 20.4. The molecule has 29 heavy (non-hydrogen) atoms. The SMILES string of the molecule is Cc1cccc(NC(=O)c2cccc(NC(=O)C(C)Oc3ccc(Cl)cc3)c2)c1. The maximum atomic E-state index is 12.5. The maximum Gasteiger partial charge on any atom is 0.265 e. The van der Waals surface area contributed by atoms with E-state index in [9.17, 15) is 9.59 Å². The average molecular weight is 409 g/mol. The van der Waals surface area contributed by atoms with Crippen LogP contribution in [0.15, 0.2) is 72.8 Å². The molecule has 1 unspecified atom stereocenters. The summed E-state index contributed by atoms with van der Waals surface area (Å²) in [5.41, 5.74) is 2.72. The Kier molecular flexibility index (Phi) is 6.52. The molecule has 0 fully saturated rings. The Morgan fingerprint density at radius 3 is 2.24 bits per heavy atom. The summed E-state index contributed by atoms with van der Waals surface area (Å²) in [6.07, 6.45) is -0.721. The van der Waals surface area contributed by atoms with E-state index in [1.54, 1.807) is 55.5 Å². The number of rotatable bonds is 6. The van der Waals surface area contributed by atoms with Crippen molar-refractivity contribution in [1.82, 2.24) is 0 Å². The lowest BCUT2D eigenvalue weighted by molar-refractivity contribution is -0.122. The van der Waals surface area contributed by atoms with Gasteiger partial charge in [0, 0.05) is 22.0 Å². The van der Waals surface area contributed by atoms with E-state index < -0.39 is 6.10 Å². The summed E-state index contributed by atoms with van der Waals surface area (Å²) in [6, 6.07) is 21.1. The van der Waals surface area contributed by atoms with Gasteiger partial charge in [-0.2, -0.15) is 0 Å². The minimum Gasteiger partial charge on any atom is -0.481 e. The van der Waals surface area contributed by atoms with Gasteiger partial charge in [0.15, 0.2) is 6.10 Å². The Hall–Kier alpha value is -3.31. The predicted molar refractivity (Wildman–Crippen MR) is 116 cm³/mol. The minimum absolute atomic E-state index is 0.253. The van der Waals surface area contributed by atoms with Crippen LogP contribution >= 0.6 is 11.6 Å². The molecule has 0 spiro atoms. The van der Waals surface area contributed by atoms with Crippen molar-refractivity contribution < 1.29 is 14.3 Å². The molecule has 0 saturated carbocycles. The van der Waals surface area contributed by atoms with Gasteiger partial charge < -0.3 is 15.4 Å². The van der Waals surface area contributed by atoms with Crippen molar-refractivity contribution in [3.05, 3.63) is 88.9 Å². The topological polar surface area (TPSA) is 67.4 Å². The van der Waals surface area contributed by atoms with Gasteiger partial charge in [0.05, 0.1) is 0 Å². The molecule has 3 aromatic carbocycles. The van der Waals surface area contributed by atoms with Crippen LogP contribution in [0, 0.1) is 6.92 Å². The van der Waals surface area contributed by atoms with Crippen LogP contribution in [0.25, 0.3) is 0 Å². The molecule has 0 bridgehead atoms. The number of carbonyl (C=O) groups is 2. The second-order valence-corrected chi connectivity index (χ2v) is 7.04. The van der Waals surface area contributed by atoms with Crippen LogP contribution in [0.1, 0.15) is 22.8 Å². The second-order valence-electron chi connectivity index (χ2n) is 6.61. The fraction of sp³-hybridized carbons (Fsp3) is 0.130. The Morgan fingerprint density at radius 2 is 1.55 bits per heavy atom. The number of halogens is 1. The van der Waals surface area contributed by atoms with Gasteiger partial charge in [-0.15, -0.1) is 0 Å². The molecule has 0 heterocycles. The molecule has 0 aliphatic heterocycles. The zero-order valence-electron chi connectivity index (χ0n) is 16.1. The van der Waals surface area contributed by atoms with E-state index in [-0.39, 0.29) is 11.8 Å². The third-order valence-corrected chi connectivity index (χ3v) is 4.42. The van der Waals surface area contributed by atoms with E-state index in [1.807, 2.05) is 31.2 Å². The third kappa shape index (κ3) is 5.83. The Labute approximate surface area is 174 Å². The van der Waals surface area contributed by atoms with Crippen molar-refractivity contribution in [2.45, 2.75) is 20.0 Å². The molecular weight excluding hydrogens is 388 g/mol. The predicted octanol–water partition coefficient (Wildman–Crippen LogP) is 5.31. The fourth-order valence-corrected chi connectivity index (χ4v) is 2.80. The molecule has 0 aliphatic rings. The van der Waals surface area contributed by atoms with Gasteiger partial charge in [0.1, 0.15) is 5.75 Å². The second kappa shape index (κ2) is 9.26. The summed E-state index contributed by atoms with van der Waals surface area (Å²) in [5.74, 6) is -0.0308. The lowest BCUT2D eigenvalue weighted by Crippen LogP contribution is -2.30. The molecular formula is C23H21ClN2O3. The number of nitrogens with one attached hydrogen (secondary N) is 2. The number of carbonyl (C=O) groups excluding carboxylic acids is 2. The lowest BCUT2D eigenvalue weighted by atomic mass is 10.1. The van der Waals surface area contributed by atoms with Crippen molar-refractivity contribution in [1.29, 1.82) is 0 Å². The van der Waals surface area contributed by atoms with Gasteiger partial charge in [0.25, 0.3) is 11.8 Å². The molecule has 0 saturated heterocycles. The summed E-state index contributed by atoms with van der Waals surface area (Å²) >= 11 is 5.85. The van der Waals surface area contributed by atoms with Crippen LogP contribution in [-0.2, 0) is 4.79 Å². The first-order valence-electron chi connectivity index (χ1n) is 9.12. The van der Waals surface area contributed by atoms with E-state index in [1.165, 1.54) is 0 Å². The first-order chi connectivity index (χ1) is 13.9. The highest BCUT2D eigenvalue weighted by molar-refractivity contribution is 6.30. The quantitative estimate of drug-likeness (QED) is 0.581. The summed E-state index contributed by atoms with van der Waals surface area (Å²) < 4.78 is 5.62. The monoisotopic (exact) mass is 408 g/mol. The molecule has 1 atom stereocenters. The van der Waals surface area contributed by atoms with Gasteiger partial charge in [-0.05, 0) is 74.0 Å². The lowest BCUT2D eigenvalue weighted by Gasteiger charge is -2.15. The Balaban J connectivity index is 1.63. The van der Waals surface area contributed by atoms with Crippen molar-refractivity contribution in [2.24, 2.45) is 0 Å². The average Bonchev–Trinajstić information content (AvgIpc) is 2.70. The van der Waals surface area contributed by atoms with Crippen LogP contribution in [0.2, 0.25) is 5.02 Å². The smallest absolute Gasteiger partial charge is 0.265 e. The van der Waals surface area contributed by atoms with Crippen LogP contribution in [0.3, 0.4) is 0 Å². The van der Waals surface area contributed by atoms with Crippen LogP contribution < -0.4 is 15.4 Å². The number of hydrogen-bond donors (Lipinski definition) is 2. The van der Waals surface area contributed by atoms with E-state index in [4.69, 9.17) is 16.3 Å². The zero-order chi connectivity index (χ0) is 20.8. The van der Waals surface area contributed by atoms with Gasteiger partial charge in [0.2, 0.25) is 0 Å². The molecule has 0 aromatic heterocycles. The summed E-state index contributed by atoms with van der Waals surface area (Å²) in [5, 5.41) is 6.22. The standard InChI is InChI=1S/C23H21ClN2O3/c1-15-5-3-7-19(13-15)26-23(28)17-6-4-8-20(14-17)25-22(27)16(2)29-21-11-9-18(24)10-12-21/h3-14,16H,1-2H3,(H,25,27)(H,26,28). The van der Waals surface area contributed by atoms with Crippen molar-refractivity contribution in [3.63, 3.8) is 0 Å². The molecule has 5 nitrogen and oxygen atoms in total. The van der Waals surface area contributed by atoms with E-state index >= 15 is 0 Å². The largest absolute Gasteiger partial charge is 0.481 e. The molecule has 0 radical (unpaired) electrons. The number of ether oxygens (including phenoxy) is 1. The van der Waals surface area contributed by atoms with Gasteiger partial charge in [-0.1, -0.05) is 29.8 Å². The summed E-state index contributed by atoms with van der Waals surface area (Å²) in [6.45, 7) is 3.61. The van der Waals surface area contributed by atoms with Crippen LogP contribution in [0.5, 0.6) is 5.75 Å². The van der Waals surface area contributed by atoms with Gasteiger partial charge >= 0.3 is 0 Å². The number of aryl methyl sites for hydroxylation is 1. The number of benzene rings is 3. The molecule has 0 aliphatic carbocycles. The van der Waals surface area contributed by atoms with E-state index in [0.717, 1.165) is 11.3 Å². The highest BCUT2D eigenvalue weighted by Crippen LogP contribution is 2.18. The van der Waals surface area contributed by atoms with Crippen LogP contribution in [0.4, 0.5) is 11.4 Å². The number of hydrogen-bond acceptors (Lipinski definition) is 3. The molecule has 2 amide bonds. The normalized spacial score (nSPS) is 11.4. The van der Waals surface area contributed by atoms with E-state index in [0.29, 0.717) is 22.0 Å². The summed E-state index contributed by atoms with van der Waals surface area (Å²) in [7, 11) is 0. The van der Waals surface area contributed by atoms with Crippen molar-refractivity contribution >= 4 is 34.8 Å². The van der Waals surface area contributed by atoms with Crippen LogP contribution in [-0.4, -0.2) is 17.9 Å². The highest BCUT2D eigenvalue weighted by atomic mass is 35.5. The third-order valence-electron chi connectivity index (χ3n) is 4.16. The Morgan fingerprint density at radius 1 is 0.897 bits per heavy atom. The van der Waals surface area contributed by atoms with Gasteiger partial charge in [-0.3, -0.25) is 9.59 Å². The number of anilines is 2. The fourth-order valence-electron chi connectivity index (χ4n) is 2.68. The summed E-state index contributed by atoms with van der Waals surface area (Å²) in [4.78, 5) is 24.9. The van der Waals surface area contributed by atoms with Gasteiger partial charge in [-0.25, -0.2) is 0 Å². The van der Waals surface area contributed by atoms with E-state index in [2.05, 4.69) is 10.6 Å². The Bertz CT molecular complexity index is 1020. The zero-order valence-corrected chi connectivity index (χ0v) is 16.9. The molecule has 6 heteroatoms. The number of amides is 2.